The molecule has 0 spiro atoms. The standard InChI is InChI=1S/C27H21ClFN5O4S2/c1-38-22-7-4-5-17(25(22)35)14-31-18-9-11-23(32-15-18)40(36,37)34-27-33-24(16-8-10-20(29)19(28)13-16)26(39-27)21-6-2-3-12-30-21/h2-13,15,31,35H,14H2,1H3,(H,33,34). The smallest absolute Gasteiger partial charge is 0.281 e. The van der Waals surface area contributed by atoms with Crippen LogP contribution in [0.25, 0.3) is 21.8 Å². The predicted molar refractivity (Wildman–Crippen MR) is 153 cm³/mol. The highest BCUT2D eigenvalue weighted by molar-refractivity contribution is 7.92. The summed E-state index contributed by atoms with van der Waals surface area (Å²) in [4.78, 5) is 13.5. The molecule has 0 fully saturated rings. The van der Waals surface area contributed by atoms with Crippen LogP contribution in [0.5, 0.6) is 11.5 Å². The van der Waals surface area contributed by atoms with E-state index in [1.54, 1.807) is 48.7 Å². The van der Waals surface area contributed by atoms with Crippen LogP contribution in [0.2, 0.25) is 5.02 Å². The van der Waals surface area contributed by atoms with Crippen molar-refractivity contribution in [3.8, 4) is 33.3 Å². The Balaban J connectivity index is 1.37. The van der Waals surface area contributed by atoms with Crippen LogP contribution >= 0.6 is 22.9 Å². The summed E-state index contributed by atoms with van der Waals surface area (Å²) in [6.07, 6.45) is 2.98. The van der Waals surface area contributed by atoms with E-state index in [-0.39, 0.29) is 27.5 Å². The zero-order valence-corrected chi connectivity index (χ0v) is 23.2. The number of phenols is 1. The van der Waals surface area contributed by atoms with Crippen LogP contribution in [0.3, 0.4) is 0 Å². The molecule has 13 heteroatoms. The van der Waals surface area contributed by atoms with Crippen LogP contribution < -0.4 is 14.8 Å². The van der Waals surface area contributed by atoms with Gasteiger partial charge in [-0.2, -0.15) is 8.42 Å². The van der Waals surface area contributed by atoms with Crippen LogP contribution in [0, 0.1) is 5.82 Å². The average molecular weight is 598 g/mol. The molecule has 5 aromatic rings. The number of aromatic nitrogens is 3. The molecule has 0 aliphatic heterocycles. The number of methoxy groups -OCH3 is 1. The molecule has 0 atom stereocenters. The molecule has 9 nitrogen and oxygen atoms in total. The van der Waals surface area contributed by atoms with E-state index in [2.05, 4.69) is 25.0 Å². The number of aromatic hydroxyl groups is 1. The lowest BCUT2D eigenvalue weighted by atomic mass is 10.1. The fraction of sp³-hybridized carbons (Fsp3) is 0.0741. The minimum atomic E-state index is -4.10. The van der Waals surface area contributed by atoms with Crippen molar-refractivity contribution in [3.05, 3.63) is 95.5 Å². The van der Waals surface area contributed by atoms with Gasteiger partial charge in [-0.3, -0.25) is 9.71 Å². The molecule has 0 bridgehead atoms. The third kappa shape index (κ3) is 5.83. The molecule has 3 aromatic heterocycles. The van der Waals surface area contributed by atoms with Crippen molar-refractivity contribution in [3.63, 3.8) is 0 Å². The van der Waals surface area contributed by atoms with Crippen LogP contribution in [0.1, 0.15) is 5.56 Å². The van der Waals surface area contributed by atoms with Gasteiger partial charge in [-0.25, -0.2) is 14.4 Å². The lowest BCUT2D eigenvalue weighted by molar-refractivity contribution is 0.371. The van der Waals surface area contributed by atoms with Crippen molar-refractivity contribution in [2.24, 2.45) is 0 Å². The molecule has 204 valence electrons. The van der Waals surface area contributed by atoms with Gasteiger partial charge in [-0.05, 0) is 48.5 Å². The number of anilines is 2. The highest BCUT2D eigenvalue weighted by Crippen LogP contribution is 2.39. The molecule has 0 unspecified atom stereocenters. The number of rotatable bonds is 9. The van der Waals surface area contributed by atoms with Crippen LogP contribution in [-0.2, 0) is 16.6 Å². The second kappa shape index (κ2) is 11.5. The lowest BCUT2D eigenvalue weighted by Gasteiger charge is -2.11. The zero-order chi connectivity index (χ0) is 28.3. The Bertz CT molecular complexity index is 1770. The molecule has 3 N–H and O–H groups in total. The first-order valence-corrected chi connectivity index (χ1v) is 14.4. The first-order valence-electron chi connectivity index (χ1n) is 11.7. The van der Waals surface area contributed by atoms with Gasteiger partial charge < -0.3 is 15.2 Å². The Kier molecular flexibility index (Phi) is 7.83. The number of pyridine rings is 2. The summed E-state index contributed by atoms with van der Waals surface area (Å²) in [6, 6.07) is 17.5. The SMILES string of the molecule is COc1cccc(CNc2ccc(S(=O)(=O)Nc3nc(-c4ccc(F)c(Cl)c4)c(-c4ccccn4)s3)nc2)c1O. The van der Waals surface area contributed by atoms with Gasteiger partial charge >= 0.3 is 0 Å². The normalized spacial score (nSPS) is 11.3. The number of ether oxygens (including phenoxy) is 1. The van der Waals surface area contributed by atoms with Gasteiger partial charge in [-0.15, -0.1) is 0 Å². The number of para-hydroxylation sites is 1. The van der Waals surface area contributed by atoms with Crippen molar-refractivity contribution >= 4 is 43.8 Å². The quantitative estimate of drug-likeness (QED) is 0.184. The van der Waals surface area contributed by atoms with Crippen molar-refractivity contribution in [1.29, 1.82) is 0 Å². The van der Waals surface area contributed by atoms with Gasteiger partial charge in [0.05, 0.1) is 40.3 Å². The zero-order valence-electron chi connectivity index (χ0n) is 20.8. The minimum Gasteiger partial charge on any atom is -0.504 e. The summed E-state index contributed by atoms with van der Waals surface area (Å²) in [5.41, 5.74) is 2.62. The number of thiazole rings is 1. The summed E-state index contributed by atoms with van der Waals surface area (Å²) in [7, 11) is -2.63. The van der Waals surface area contributed by atoms with E-state index in [1.807, 2.05) is 0 Å². The van der Waals surface area contributed by atoms with E-state index in [0.29, 0.717) is 38.8 Å². The van der Waals surface area contributed by atoms with Crippen molar-refractivity contribution in [2.45, 2.75) is 11.6 Å². The maximum absolute atomic E-state index is 13.8. The number of sulfonamides is 1. The number of halogens is 2. The molecular formula is C27H21ClFN5O4S2. The van der Waals surface area contributed by atoms with Crippen LogP contribution in [0.15, 0.2) is 84.1 Å². The van der Waals surface area contributed by atoms with E-state index >= 15 is 0 Å². The molecule has 0 saturated heterocycles. The fourth-order valence-electron chi connectivity index (χ4n) is 3.76. The Morgan fingerprint density at radius 1 is 1.07 bits per heavy atom. The van der Waals surface area contributed by atoms with Crippen molar-refractivity contribution in [1.82, 2.24) is 15.0 Å². The van der Waals surface area contributed by atoms with Crippen molar-refractivity contribution in [2.75, 3.05) is 17.1 Å². The molecule has 0 aliphatic carbocycles. The highest BCUT2D eigenvalue weighted by atomic mass is 35.5. The molecule has 0 radical (unpaired) electrons. The minimum absolute atomic E-state index is 0.0182. The largest absolute Gasteiger partial charge is 0.504 e. The second-order valence-corrected chi connectivity index (χ2v) is 11.4. The molecule has 40 heavy (non-hydrogen) atoms. The van der Waals surface area contributed by atoms with E-state index in [0.717, 1.165) is 11.3 Å². The number of phenolic OH excluding ortho intramolecular Hbond substituents is 1. The Labute approximate surface area is 238 Å². The second-order valence-electron chi connectivity index (χ2n) is 8.35. The van der Waals surface area contributed by atoms with E-state index < -0.39 is 15.8 Å². The Hall–Kier alpha value is -4.26. The maximum Gasteiger partial charge on any atom is 0.281 e. The summed E-state index contributed by atoms with van der Waals surface area (Å²) < 4.78 is 47.7. The molecule has 0 saturated carbocycles. The van der Waals surface area contributed by atoms with Gasteiger partial charge in [0.1, 0.15) is 5.82 Å². The number of nitrogens with one attached hydrogen (secondary N) is 2. The molecule has 2 aromatic carbocycles. The molecule has 5 rings (SSSR count). The molecular weight excluding hydrogens is 577 g/mol. The van der Waals surface area contributed by atoms with E-state index in [9.17, 15) is 17.9 Å². The van der Waals surface area contributed by atoms with Gasteiger partial charge in [0.25, 0.3) is 10.0 Å². The van der Waals surface area contributed by atoms with Crippen LogP contribution in [-0.4, -0.2) is 35.6 Å². The maximum atomic E-state index is 13.8. The average Bonchev–Trinajstić information content (AvgIpc) is 3.37. The van der Waals surface area contributed by atoms with Gasteiger partial charge in [0, 0.05) is 23.9 Å². The molecule has 0 amide bonds. The monoisotopic (exact) mass is 597 g/mol. The number of hydrogen-bond donors (Lipinski definition) is 3. The van der Waals surface area contributed by atoms with E-state index in [1.165, 1.54) is 37.6 Å². The van der Waals surface area contributed by atoms with E-state index in [4.69, 9.17) is 16.3 Å². The number of benzene rings is 2. The highest BCUT2D eigenvalue weighted by Gasteiger charge is 2.22. The lowest BCUT2D eigenvalue weighted by Crippen LogP contribution is -2.14. The summed E-state index contributed by atoms with van der Waals surface area (Å²) >= 11 is 7.07. The predicted octanol–water partition coefficient (Wildman–Crippen LogP) is 6.19. The van der Waals surface area contributed by atoms with Gasteiger partial charge in [-0.1, -0.05) is 41.1 Å². The summed E-state index contributed by atoms with van der Waals surface area (Å²) in [6.45, 7) is 0.265. The number of hydrogen-bond acceptors (Lipinski definition) is 9. The van der Waals surface area contributed by atoms with Gasteiger partial charge in [0.2, 0.25) is 0 Å². The topological polar surface area (TPSA) is 126 Å². The fourth-order valence-corrected chi connectivity index (χ4v) is 6.07. The molecule has 3 heterocycles. The van der Waals surface area contributed by atoms with Crippen molar-refractivity contribution < 1.29 is 22.7 Å². The Morgan fingerprint density at radius 2 is 1.93 bits per heavy atom. The number of nitrogens with zero attached hydrogens (tertiary/aromatic N) is 3. The summed E-state index contributed by atoms with van der Waals surface area (Å²) in [5, 5.41) is 13.1. The third-order valence-electron chi connectivity index (χ3n) is 5.74. The first kappa shape index (κ1) is 27.3. The third-order valence-corrected chi connectivity index (χ3v) is 8.40. The van der Waals surface area contributed by atoms with Gasteiger partial charge in [0.15, 0.2) is 21.7 Å². The summed E-state index contributed by atoms with van der Waals surface area (Å²) in [5.74, 6) is -0.209. The van der Waals surface area contributed by atoms with Crippen LogP contribution in [0.4, 0.5) is 15.2 Å². The molecule has 0 aliphatic rings. The Morgan fingerprint density at radius 3 is 2.62 bits per heavy atom. The first-order chi connectivity index (χ1) is 19.2.